The number of aliphatic hydroxyl groups is 1. The van der Waals surface area contributed by atoms with E-state index in [4.69, 9.17) is 0 Å². The van der Waals surface area contributed by atoms with Gasteiger partial charge in [0.05, 0.1) is 11.1 Å². The van der Waals surface area contributed by atoms with Gasteiger partial charge >= 0.3 is 0 Å². The first-order valence-electron chi connectivity index (χ1n) is 7.44. The Balaban J connectivity index is 1.73. The lowest BCUT2D eigenvalue weighted by atomic mass is 9.80. The summed E-state index contributed by atoms with van der Waals surface area (Å²) in [7, 11) is 1.94. The number of aryl methyl sites for hydroxylation is 1. The second kappa shape index (κ2) is 4.50. The molecular formula is C16H20N2OS. The lowest BCUT2D eigenvalue weighted by molar-refractivity contribution is 0.00824. The van der Waals surface area contributed by atoms with Crippen molar-refractivity contribution in [3.63, 3.8) is 0 Å². The van der Waals surface area contributed by atoms with Crippen LogP contribution in [0.3, 0.4) is 0 Å². The van der Waals surface area contributed by atoms with Crippen LogP contribution < -0.4 is 0 Å². The summed E-state index contributed by atoms with van der Waals surface area (Å²) < 4.78 is 1.84. The number of aromatic nitrogens is 2. The Morgan fingerprint density at radius 2 is 2.05 bits per heavy atom. The third kappa shape index (κ3) is 2.06. The van der Waals surface area contributed by atoms with Crippen molar-refractivity contribution in [3.05, 3.63) is 30.0 Å². The van der Waals surface area contributed by atoms with E-state index in [2.05, 4.69) is 35.1 Å². The average molecular weight is 288 g/mol. The van der Waals surface area contributed by atoms with Crippen molar-refractivity contribution in [2.75, 3.05) is 0 Å². The van der Waals surface area contributed by atoms with Gasteiger partial charge in [-0.3, -0.25) is 4.68 Å². The Hall–Kier alpha value is -1.00. The fraction of sp³-hybridized carbons (Fsp3) is 0.562. The first-order chi connectivity index (χ1) is 9.62. The second-order valence-corrected chi connectivity index (χ2v) is 7.93. The number of thioether (sulfide) groups is 1. The predicted molar refractivity (Wildman–Crippen MR) is 82.9 cm³/mol. The molecule has 0 amide bonds. The quantitative estimate of drug-likeness (QED) is 0.875. The van der Waals surface area contributed by atoms with Gasteiger partial charge in [-0.15, -0.1) is 0 Å². The molecule has 1 N–H and O–H groups in total. The van der Waals surface area contributed by atoms with Crippen molar-refractivity contribution in [2.45, 2.75) is 48.2 Å². The van der Waals surface area contributed by atoms with Gasteiger partial charge in [0.15, 0.2) is 0 Å². The zero-order chi connectivity index (χ0) is 13.7. The molecule has 0 saturated carbocycles. The zero-order valence-corrected chi connectivity index (χ0v) is 12.6. The molecule has 2 bridgehead atoms. The van der Waals surface area contributed by atoms with E-state index in [1.54, 1.807) is 0 Å². The molecule has 2 atom stereocenters. The Labute approximate surface area is 123 Å². The summed E-state index contributed by atoms with van der Waals surface area (Å²) in [6.07, 6.45) is 7.66. The van der Waals surface area contributed by atoms with Crippen molar-refractivity contribution in [1.29, 1.82) is 0 Å². The number of hydrogen-bond acceptors (Lipinski definition) is 3. The summed E-state index contributed by atoms with van der Waals surface area (Å²) in [6, 6.07) is 6.27. The molecule has 2 fully saturated rings. The van der Waals surface area contributed by atoms with Crippen LogP contribution >= 0.6 is 11.8 Å². The van der Waals surface area contributed by atoms with Crippen molar-refractivity contribution in [3.8, 4) is 0 Å². The van der Waals surface area contributed by atoms with E-state index < -0.39 is 5.60 Å². The van der Waals surface area contributed by atoms with Crippen LogP contribution in [0.4, 0.5) is 0 Å². The van der Waals surface area contributed by atoms with Crippen LogP contribution in [0.15, 0.2) is 24.4 Å². The number of fused-ring (bicyclic) bond motifs is 3. The van der Waals surface area contributed by atoms with Gasteiger partial charge in [-0.2, -0.15) is 16.9 Å². The molecule has 2 aliphatic rings. The Morgan fingerprint density at radius 1 is 1.30 bits per heavy atom. The molecule has 3 heterocycles. The van der Waals surface area contributed by atoms with Crippen LogP contribution in [0.5, 0.6) is 0 Å². The molecule has 2 aliphatic heterocycles. The summed E-state index contributed by atoms with van der Waals surface area (Å²) in [6.45, 7) is 0. The third-order valence-electron chi connectivity index (χ3n) is 4.73. The number of rotatable bonds is 1. The second-order valence-electron chi connectivity index (χ2n) is 6.33. The molecule has 1 aromatic carbocycles. The molecule has 2 unspecified atom stereocenters. The molecule has 4 rings (SSSR count). The average Bonchev–Trinajstić information content (AvgIpc) is 2.77. The predicted octanol–water partition coefficient (Wildman–Crippen LogP) is 3.21. The molecule has 0 spiro atoms. The SMILES string of the molecule is Cn1cc2ccc(C3(O)CC4CCCC(C3)S4)cc2n1. The minimum Gasteiger partial charge on any atom is -0.385 e. The normalized spacial score (nSPS) is 33.5. The fourth-order valence-corrected chi connectivity index (χ4v) is 5.68. The van der Waals surface area contributed by atoms with E-state index in [0.29, 0.717) is 10.5 Å². The van der Waals surface area contributed by atoms with E-state index in [-0.39, 0.29) is 0 Å². The third-order valence-corrected chi connectivity index (χ3v) is 6.30. The largest absolute Gasteiger partial charge is 0.385 e. The Bertz CT molecular complexity index is 639. The molecule has 3 nitrogen and oxygen atoms in total. The van der Waals surface area contributed by atoms with E-state index in [0.717, 1.165) is 29.3 Å². The molecule has 0 aliphatic carbocycles. The van der Waals surface area contributed by atoms with Crippen molar-refractivity contribution in [2.24, 2.45) is 7.05 Å². The maximum atomic E-state index is 11.2. The van der Waals surface area contributed by atoms with Gasteiger partial charge < -0.3 is 5.11 Å². The van der Waals surface area contributed by atoms with Gasteiger partial charge in [0.1, 0.15) is 0 Å². The number of benzene rings is 1. The summed E-state index contributed by atoms with van der Waals surface area (Å²) >= 11 is 2.10. The first-order valence-corrected chi connectivity index (χ1v) is 8.38. The molecule has 20 heavy (non-hydrogen) atoms. The van der Waals surface area contributed by atoms with Crippen LogP contribution in [0.25, 0.3) is 10.9 Å². The lowest BCUT2D eigenvalue weighted by Crippen LogP contribution is -2.40. The highest BCUT2D eigenvalue weighted by atomic mass is 32.2. The van der Waals surface area contributed by atoms with Gasteiger partial charge in [0.25, 0.3) is 0 Å². The van der Waals surface area contributed by atoms with E-state index in [1.807, 2.05) is 17.9 Å². The minimum absolute atomic E-state index is 0.631. The standard InChI is InChI=1S/C16H20N2OS/c1-18-10-11-5-6-12(7-15(11)17-18)16(19)8-13-3-2-4-14(9-16)20-13/h5-7,10,13-14,19H,2-4,8-9H2,1H3. The summed E-state index contributed by atoms with van der Waals surface area (Å²) in [5, 5.41) is 18.0. The van der Waals surface area contributed by atoms with Crippen LogP contribution in [0, 0.1) is 0 Å². The molecular weight excluding hydrogens is 268 g/mol. The van der Waals surface area contributed by atoms with Crippen LogP contribution in [0.1, 0.15) is 37.7 Å². The summed E-state index contributed by atoms with van der Waals surface area (Å²) in [5.41, 5.74) is 1.40. The van der Waals surface area contributed by atoms with Crippen molar-refractivity contribution >= 4 is 22.7 Å². The molecule has 0 radical (unpaired) electrons. The maximum absolute atomic E-state index is 11.2. The van der Waals surface area contributed by atoms with Crippen molar-refractivity contribution < 1.29 is 5.11 Å². The van der Waals surface area contributed by atoms with Crippen LogP contribution in [-0.2, 0) is 12.6 Å². The van der Waals surface area contributed by atoms with Crippen molar-refractivity contribution in [1.82, 2.24) is 9.78 Å². The van der Waals surface area contributed by atoms with Gasteiger partial charge in [-0.05, 0) is 37.3 Å². The number of hydrogen-bond donors (Lipinski definition) is 1. The van der Waals surface area contributed by atoms with Gasteiger partial charge in [-0.1, -0.05) is 18.6 Å². The van der Waals surface area contributed by atoms with Crippen LogP contribution in [0.2, 0.25) is 0 Å². The van der Waals surface area contributed by atoms with E-state index >= 15 is 0 Å². The van der Waals surface area contributed by atoms with Gasteiger partial charge in [0.2, 0.25) is 0 Å². The fourth-order valence-electron chi connectivity index (χ4n) is 3.78. The van der Waals surface area contributed by atoms with Crippen LogP contribution in [-0.4, -0.2) is 25.4 Å². The van der Waals surface area contributed by atoms with Gasteiger partial charge in [0, 0.05) is 29.1 Å². The monoisotopic (exact) mass is 288 g/mol. The summed E-state index contributed by atoms with van der Waals surface area (Å²) in [5.74, 6) is 0. The molecule has 106 valence electrons. The zero-order valence-electron chi connectivity index (χ0n) is 11.7. The maximum Gasteiger partial charge on any atom is 0.0927 e. The highest BCUT2D eigenvalue weighted by molar-refractivity contribution is 8.00. The topological polar surface area (TPSA) is 38.0 Å². The minimum atomic E-state index is -0.646. The molecule has 4 heteroatoms. The highest BCUT2D eigenvalue weighted by Crippen LogP contribution is 2.49. The van der Waals surface area contributed by atoms with E-state index in [9.17, 15) is 5.11 Å². The molecule has 2 saturated heterocycles. The Morgan fingerprint density at radius 3 is 2.80 bits per heavy atom. The lowest BCUT2D eigenvalue weighted by Gasteiger charge is -2.44. The Kier molecular flexibility index (Phi) is 2.86. The first kappa shape index (κ1) is 12.7. The summed E-state index contributed by atoms with van der Waals surface area (Å²) in [4.78, 5) is 0. The smallest absolute Gasteiger partial charge is 0.0927 e. The molecule has 2 aromatic rings. The molecule has 1 aromatic heterocycles. The number of nitrogens with zero attached hydrogens (tertiary/aromatic N) is 2. The van der Waals surface area contributed by atoms with Gasteiger partial charge in [-0.25, -0.2) is 0 Å². The highest BCUT2D eigenvalue weighted by Gasteiger charge is 2.42. The van der Waals surface area contributed by atoms with E-state index in [1.165, 1.54) is 19.3 Å².